The van der Waals surface area contributed by atoms with Crippen molar-refractivity contribution in [3.05, 3.63) is 59.7 Å². The van der Waals surface area contributed by atoms with Gasteiger partial charge in [-0.05, 0) is 42.8 Å². The maximum atomic E-state index is 13.1. The predicted octanol–water partition coefficient (Wildman–Crippen LogP) is 2.85. The second-order valence-electron chi connectivity index (χ2n) is 4.00. The summed E-state index contributed by atoms with van der Waals surface area (Å²) in [7, 11) is 0. The average molecular weight is 247 g/mol. The van der Waals surface area contributed by atoms with E-state index in [2.05, 4.69) is 4.98 Å². The number of pyridine rings is 1. The van der Waals surface area contributed by atoms with Gasteiger partial charge in [-0.2, -0.15) is 0 Å². The Hall–Kier alpha value is -1.94. The van der Waals surface area contributed by atoms with Gasteiger partial charge in [-0.3, -0.25) is 4.98 Å². The van der Waals surface area contributed by atoms with Crippen LogP contribution in [0.3, 0.4) is 0 Å². The zero-order valence-electron chi connectivity index (χ0n) is 10.0. The molecule has 0 bridgehead atoms. The van der Waals surface area contributed by atoms with Crippen LogP contribution in [0.25, 0.3) is 0 Å². The standard InChI is InChI=1S/C14H14FNO2/c1-10(17)13-8-12(15)2-3-14(13)18-9-11-4-6-16-7-5-11/h2-8,10,17H,9H2,1H3/t10-/m1/s1. The summed E-state index contributed by atoms with van der Waals surface area (Å²) >= 11 is 0. The van der Waals surface area contributed by atoms with E-state index in [9.17, 15) is 9.50 Å². The Balaban J connectivity index is 2.14. The smallest absolute Gasteiger partial charge is 0.125 e. The molecule has 2 aromatic rings. The number of hydrogen-bond donors (Lipinski definition) is 1. The van der Waals surface area contributed by atoms with Gasteiger partial charge in [0.2, 0.25) is 0 Å². The molecule has 0 spiro atoms. The van der Waals surface area contributed by atoms with Crippen molar-refractivity contribution < 1.29 is 14.2 Å². The summed E-state index contributed by atoms with van der Waals surface area (Å²) in [6.07, 6.45) is 2.59. The number of rotatable bonds is 4. The molecule has 0 aliphatic rings. The molecule has 4 heteroatoms. The zero-order chi connectivity index (χ0) is 13.0. The van der Waals surface area contributed by atoms with E-state index in [1.807, 2.05) is 12.1 Å². The molecule has 0 fully saturated rings. The summed E-state index contributed by atoms with van der Waals surface area (Å²) in [6, 6.07) is 7.80. The number of aromatic nitrogens is 1. The molecule has 1 aromatic carbocycles. The largest absolute Gasteiger partial charge is 0.489 e. The molecule has 1 atom stereocenters. The molecule has 1 N–H and O–H groups in total. The fourth-order valence-electron chi connectivity index (χ4n) is 1.62. The van der Waals surface area contributed by atoms with Gasteiger partial charge < -0.3 is 9.84 Å². The highest BCUT2D eigenvalue weighted by atomic mass is 19.1. The molecule has 0 radical (unpaired) electrons. The summed E-state index contributed by atoms with van der Waals surface area (Å²) in [5.74, 6) is 0.102. The van der Waals surface area contributed by atoms with Crippen LogP contribution in [0.5, 0.6) is 5.75 Å². The van der Waals surface area contributed by atoms with Gasteiger partial charge in [0.05, 0.1) is 6.10 Å². The maximum Gasteiger partial charge on any atom is 0.125 e. The molecular weight excluding hydrogens is 233 g/mol. The SMILES string of the molecule is C[C@@H](O)c1cc(F)ccc1OCc1ccncc1. The molecule has 0 aliphatic heterocycles. The summed E-state index contributed by atoms with van der Waals surface area (Å²) in [4.78, 5) is 3.91. The van der Waals surface area contributed by atoms with E-state index < -0.39 is 6.10 Å². The van der Waals surface area contributed by atoms with Crippen LogP contribution in [-0.2, 0) is 6.61 Å². The molecule has 0 aliphatic carbocycles. The average Bonchev–Trinajstić information content (AvgIpc) is 2.38. The Kier molecular flexibility index (Phi) is 3.89. The summed E-state index contributed by atoms with van der Waals surface area (Å²) < 4.78 is 18.7. The van der Waals surface area contributed by atoms with Gasteiger partial charge in [0.25, 0.3) is 0 Å². The summed E-state index contributed by atoms with van der Waals surface area (Å²) in [6.45, 7) is 1.93. The topological polar surface area (TPSA) is 42.4 Å². The van der Waals surface area contributed by atoms with Gasteiger partial charge >= 0.3 is 0 Å². The molecule has 94 valence electrons. The number of benzene rings is 1. The monoisotopic (exact) mass is 247 g/mol. The second kappa shape index (κ2) is 5.60. The first-order valence-corrected chi connectivity index (χ1v) is 5.66. The van der Waals surface area contributed by atoms with Crippen LogP contribution in [0, 0.1) is 5.82 Å². The van der Waals surface area contributed by atoms with Crippen LogP contribution in [-0.4, -0.2) is 10.1 Å². The van der Waals surface area contributed by atoms with Crippen molar-refractivity contribution in [1.29, 1.82) is 0 Å². The molecule has 1 heterocycles. The third-order valence-corrected chi connectivity index (χ3v) is 2.57. The van der Waals surface area contributed by atoms with Gasteiger partial charge in [0.1, 0.15) is 18.2 Å². The van der Waals surface area contributed by atoms with Gasteiger partial charge in [-0.1, -0.05) is 0 Å². The van der Waals surface area contributed by atoms with E-state index in [1.54, 1.807) is 19.3 Å². The molecule has 18 heavy (non-hydrogen) atoms. The normalized spacial score (nSPS) is 12.2. The van der Waals surface area contributed by atoms with Crippen LogP contribution in [0.4, 0.5) is 4.39 Å². The van der Waals surface area contributed by atoms with Crippen molar-refractivity contribution >= 4 is 0 Å². The molecule has 0 amide bonds. The fourth-order valence-corrected chi connectivity index (χ4v) is 1.62. The lowest BCUT2D eigenvalue weighted by molar-refractivity contribution is 0.189. The van der Waals surface area contributed by atoms with Crippen LogP contribution in [0.15, 0.2) is 42.7 Å². The number of hydrogen-bond acceptors (Lipinski definition) is 3. The Labute approximate surface area is 105 Å². The van der Waals surface area contributed by atoms with Crippen LogP contribution in [0.2, 0.25) is 0 Å². The van der Waals surface area contributed by atoms with E-state index in [-0.39, 0.29) is 5.82 Å². The maximum absolute atomic E-state index is 13.1. The molecule has 0 unspecified atom stereocenters. The van der Waals surface area contributed by atoms with Crippen molar-refractivity contribution in [2.75, 3.05) is 0 Å². The number of halogens is 1. The molecule has 0 saturated heterocycles. The van der Waals surface area contributed by atoms with E-state index in [0.717, 1.165) is 5.56 Å². The third-order valence-electron chi connectivity index (χ3n) is 2.57. The molecule has 0 saturated carbocycles. The molecule has 2 rings (SSSR count). The third kappa shape index (κ3) is 3.05. The van der Waals surface area contributed by atoms with Crippen LogP contribution in [0.1, 0.15) is 24.2 Å². The van der Waals surface area contributed by atoms with Gasteiger partial charge in [0, 0.05) is 18.0 Å². The Morgan fingerprint density at radius 1 is 1.28 bits per heavy atom. The first-order valence-electron chi connectivity index (χ1n) is 5.66. The highest BCUT2D eigenvalue weighted by Crippen LogP contribution is 2.26. The van der Waals surface area contributed by atoms with Crippen molar-refractivity contribution in [2.24, 2.45) is 0 Å². The van der Waals surface area contributed by atoms with Crippen molar-refractivity contribution in [3.8, 4) is 5.75 Å². The minimum Gasteiger partial charge on any atom is -0.489 e. The summed E-state index contributed by atoms with van der Waals surface area (Å²) in [5.41, 5.74) is 1.41. The van der Waals surface area contributed by atoms with Crippen molar-refractivity contribution in [1.82, 2.24) is 4.98 Å². The fraction of sp³-hybridized carbons (Fsp3) is 0.214. The Morgan fingerprint density at radius 2 is 2.00 bits per heavy atom. The summed E-state index contributed by atoms with van der Waals surface area (Å²) in [5, 5.41) is 9.57. The number of nitrogens with zero attached hydrogens (tertiary/aromatic N) is 1. The van der Waals surface area contributed by atoms with Crippen molar-refractivity contribution in [2.45, 2.75) is 19.6 Å². The van der Waals surface area contributed by atoms with Gasteiger partial charge in [-0.15, -0.1) is 0 Å². The minimum atomic E-state index is -0.770. The highest BCUT2D eigenvalue weighted by Gasteiger charge is 2.10. The van der Waals surface area contributed by atoms with E-state index >= 15 is 0 Å². The minimum absolute atomic E-state index is 0.355. The van der Waals surface area contributed by atoms with Gasteiger partial charge in [0.15, 0.2) is 0 Å². The second-order valence-corrected chi connectivity index (χ2v) is 4.00. The molecule has 1 aromatic heterocycles. The van der Waals surface area contributed by atoms with E-state index in [1.165, 1.54) is 18.2 Å². The Morgan fingerprint density at radius 3 is 2.67 bits per heavy atom. The van der Waals surface area contributed by atoms with Gasteiger partial charge in [-0.25, -0.2) is 4.39 Å². The Bertz CT molecular complexity index is 514. The predicted molar refractivity (Wildman–Crippen MR) is 65.6 cm³/mol. The number of aliphatic hydroxyl groups is 1. The lowest BCUT2D eigenvalue weighted by atomic mass is 10.1. The number of ether oxygens (including phenoxy) is 1. The first-order chi connectivity index (χ1) is 8.66. The number of aliphatic hydroxyl groups excluding tert-OH is 1. The lowest BCUT2D eigenvalue weighted by Crippen LogP contribution is -2.01. The lowest BCUT2D eigenvalue weighted by Gasteiger charge is -2.13. The molecular formula is C14H14FNO2. The van der Waals surface area contributed by atoms with Crippen LogP contribution >= 0.6 is 0 Å². The highest BCUT2D eigenvalue weighted by molar-refractivity contribution is 5.35. The first kappa shape index (κ1) is 12.5. The van der Waals surface area contributed by atoms with Crippen LogP contribution < -0.4 is 4.74 Å². The molecule has 3 nitrogen and oxygen atoms in total. The van der Waals surface area contributed by atoms with Crippen molar-refractivity contribution in [3.63, 3.8) is 0 Å². The zero-order valence-corrected chi connectivity index (χ0v) is 10.0. The van der Waals surface area contributed by atoms with E-state index in [0.29, 0.717) is 17.9 Å². The quantitative estimate of drug-likeness (QED) is 0.903. The van der Waals surface area contributed by atoms with E-state index in [4.69, 9.17) is 4.74 Å².